The predicted molar refractivity (Wildman–Crippen MR) is 164 cm³/mol. The summed E-state index contributed by atoms with van der Waals surface area (Å²) >= 11 is 0. The molecule has 0 bridgehead atoms. The van der Waals surface area contributed by atoms with Crippen LogP contribution in [0, 0.1) is 27.7 Å². The molecule has 0 heterocycles. The van der Waals surface area contributed by atoms with Gasteiger partial charge in [-0.2, -0.15) is 33.7 Å². The Morgan fingerprint density at radius 3 is 0.511 bits per heavy atom. The van der Waals surface area contributed by atoms with E-state index in [2.05, 4.69) is 0 Å². The Bertz CT molecular complexity index is 1650. The first-order valence-corrected chi connectivity index (χ1v) is 17.9. The molecule has 0 aromatic heterocycles. The van der Waals surface area contributed by atoms with Crippen molar-refractivity contribution in [2.45, 2.75) is 47.3 Å². The largest absolute Gasteiger partial charge is 0.294 e. The van der Waals surface area contributed by atoms with Gasteiger partial charge in [0.15, 0.2) is 0 Å². The molecule has 4 aromatic carbocycles. The summed E-state index contributed by atoms with van der Waals surface area (Å²) in [5.74, 6) is 0. The molecule has 0 amide bonds. The molecule has 0 unspecified atom stereocenters. The van der Waals surface area contributed by atoms with E-state index in [0.717, 1.165) is 22.3 Å². The van der Waals surface area contributed by atoms with Crippen molar-refractivity contribution in [2.24, 2.45) is 0 Å². The summed E-state index contributed by atoms with van der Waals surface area (Å²) in [5.41, 5.74) is 3.82. The summed E-state index contributed by atoms with van der Waals surface area (Å²) < 4.78 is 118. The Morgan fingerprint density at radius 2 is 0.422 bits per heavy atom. The molecule has 4 N–H and O–H groups in total. The van der Waals surface area contributed by atoms with Crippen LogP contribution in [0.4, 0.5) is 0 Å². The third-order valence-corrected chi connectivity index (χ3v) is 8.75. The Kier molecular flexibility index (Phi) is 16.5. The normalized spacial score (nSPS) is 11.2. The van der Waals surface area contributed by atoms with Gasteiger partial charge >= 0.3 is 0 Å². The van der Waals surface area contributed by atoms with Crippen molar-refractivity contribution in [3.63, 3.8) is 0 Å². The van der Waals surface area contributed by atoms with E-state index in [1.165, 1.54) is 48.5 Å². The van der Waals surface area contributed by atoms with Gasteiger partial charge in [0.25, 0.3) is 40.5 Å². The summed E-state index contributed by atoms with van der Waals surface area (Å²) in [7, 11) is -16.1. The van der Waals surface area contributed by atoms with Crippen LogP contribution in [0.3, 0.4) is 0 Å². The van der Waals surface area contributed by atoms with Gasteiger partial charge in [0.05, 0.1) is 19.6 Å². The molecule has 4 aromatic rings. The van der Waals surface area contributed by atoms with Crippen LogP contribution in [0.5, 0.6) is 0 Å². The zero-order chi connectivity index (χ0) is 33.9. The Labute approximate surface area is 274 Å². The molecule has 17 heteroatoms. The average Bonchev–Trinajstić information content (AvgIpc) is 2.89. The van der Waals surface area contributed by atoms with Gasteiger partial charge in [-0.1, -0.05) is 70.8 Å². The topological polar surface area (TPSA) is 217 Å². The fourth-order valence-electron chi connectivity index (χ4n) is 2.84. The second-order valence-electron chi connectivity index (χ2n) is 9.15. The van der Waals surface area contributed by atoms with Gasteiger partial charge in [0.1, 0.15) is 0 Å². The minimum atomic E-state index is -4.02. The van der Waals surface area contributed by atoms with Crippen LogP contribution in [-0.2, 0) is 57.5 Å². The van der Waals surface area contributed by atoms with E-state index in [1.54, 1.807) is 48.5 Å². The van der Waals surface area contributed by atoms with Gasteiger partial charge in [0, 0.05) is 17.1 Å². The van der Waals surface area contributed by atoms with Crippen LogP contribution in [-0.4, -0.2) is 51.9 Å². The molecule has 12 nitrogen and oxygen atoms in total. The molecule has 0 fully saturated rings. The zero-order valence-electron chi connectivity index (χ0n) is 24.3. The first-order chi connectivity index (χ1) is 20.0. The number of aryl methyl sites for hydroxylation is 4. The molecule has 0 radical (unpaired) electrons. The molecule has 248 valence electrons. The van der Waals surface area contributed by atoms with Crippen molar-refractivity contribution in [3.8, 4) is 0 Å². The van der Waals surface area contributed by atoms with Crippen molar-refractivity contribution in [3.05, 3.63) is 119 Å². The summed E-state index contributed by atoms with van der Waals surface area (Å²) in [6, 6.07) is 24.0. The van der Waals surface area contributed by atoms with Gasteiger partial charge in [-0.05, 0) is 76.2 Å². The third kappa shape index (κ3) is 16.8. The number of benzene rings is 4. The molecule has 0 aliphatic carbocycles. The maximum absolute atomic E-state index is 10.5. The second-order valence-corrected chi connectivity index (χ2v) is 14.8. The summed E-state index contributed by atoms with van der Waals surface area (Å²) in [6.07, 6.45) is 0. The van der Waals surface area contributed by atoms with Crippen molar-refractivity contribution < 1.29 is 69.0 Å². The number of hydrogen-bond acceptors (Lipinski definition) is 8. The molecule has 0 saturated carbocycles. The molecular weight excluding hydrogens is 712 g/mol. The zero-order valence-corrected chi connectivity index (χ0v) is 28.6. The van der Waals surface area contributed by atoms with E-state index in [9.17, 15) is 33.7 Å². The standard InChI is InChI=1S/4C7H8O3S.Fe/c4*1-6-2-4-7(5-3-6)11(8,9)10;/h4*2-5H,1H3,(H,8,9,10);. The van der Waals surface area contributed by atoms with E-state index in [-0.39, 0.29) is 36.7 Å². The van der Waals surface area contributed by atoms with Gasteiger partial charge in [0.2, 0.25) is 0 Å². The molecular formula is C28H32FeO12S4. The van der Waals surface area contributed by atoms with E-state index >= 15 is 0 Å². The quantitative estimate of drug-likeness (QED) is 0.161. The van der Waals surface area contributed by atoms with Crippen molar-refractivity contribution in [1.29, 1.82) is 0 Å². The Hall–Kier alpha value is -2.96. The summed E-state index contributed by atoms with van der Waals surface area (Å²) in [4.78, 5) is -0.266. The summed E-state index contributed by atoms with van der Waals surface area (Å²) in [6.45, 7) is 7.36. The van der Waals surface area contributed by atoms with Crippen molar-refractivity contribution in [2.75, 3.05) is 0 Å². The smallest absolute Gasteiger partial charge is 0.282 e. The van der Waals surface area contributed by atoms with Crippen LogP contribution in [0.2, 0.25) is 0 Å². The van der Waals surface area contributed by atoms with Crippen LogP contribution in [0.1, 0.15) is 22.3 Å². The van der Waals surface area contributed by atoms with Crippen LogP contribution < -0.4 is 0 Å². The Balaban J connectivity index is 0.000000569. The average molecular weight is 745 g/mol. The third-order valence-electron chi connectivity index (χ3n) is 5.28. The molecule has 0 aliphatic heterocycles. The maximum atomic E-state index is 10.5. The van der Waals surface area contributed by atoms with E-state index in [1.807, 2.05) is 27.7 Å². The second kappa shape index (κ2) is 17.7. The van der Waals surface area contributed by atoms with Crippen LogP contribution in [0.25, 0.3) is 0 Å². The number of hydrogen-bond donors (Lipinski definition) is 4. The molecule has 0 atom stereocenters. The molecule has 0 aliphatic rings. The first-order valence-electron chi connectivity index (χ1n) is 12.2. The molecule has 45 heavy (non-hydrogen) atoms. The van der Waals surface area contributed by atoms with Crippen molar-refractivity contribution >= 4 is 40.5 Å². The van der Waals surface area contributed by atoms with Gasteiger partial charge < -0.3 is 0 Å². The SMILES string of the molecule is Cc1ccc(S(=O)(=O)O)cc1.Cc1ccc(S(=O)(=O)O)cc1.Cc1ccc(S(=O)(=O)O)cc1.Cc1ccc(S(=O)(=O)O)cc1.[Fe]. The van der Waals surface area contributed by atoms with Crippen LogP contribution >= 0.6 is 0 Å². The monoisotopic (exact) mass is 744 g/mol. The predicted octanol–water partition coefficient (Wildman–Crippen LogP) is 4.96. The number of rotatable bonds is 4. The molecule has 0 saturated heterocycles. The van der Waals surface area contributed by atoms with Gasteiger partial charge in [-0.15, -0.1) is 0 Å². The van der Waals surface area contributed by atoms with Crippen LogP contribution in [0.15, 0.2) is 117 Å². The molecule has 4 rings (SSSR count). The maximum Gasteiger partial charge on any atom is 0.294 e. The fourth-order valence-corrected chi connectivity index (χ4v) is 4.76. The van der Waals surface area contributed by atoms with Crippen molar-refractivity contribution in [1.82, 2.24) is 0 Å². The Morgan fingerprint density at radius 1 is 0.311 bits per heavy atom. The van der Waals surface area contributed by atoms with Gasteiger partial charge in [-0.25, -0.2) is 0 Å². The van der Waals surface area contributed by atoms with E-state index < -0.39 is 40.5 Å². The fraction of sp³-hybridized carbons (Fsp3) is 0.143. The minimum absolute atomic E-state index is 0. The van der Waals surface area contributed by atoms with E-state index in [0.29, 0.717) is 0 Å². The van der Waals surface area contributed by atoms with E-state index in [4.69, 9.17) is 18.2 Å². The minimum Gasteiger partial charge on any atom is -0.282 e. The van der Waals surface area contributed by atoms with Gasteiger partial charge in [-0.3, -0.25) is 18.2 Å². The summed E-state index contributed by atoms with van der Waals surface area (Å²) in [5, 5.41) is 0. The molecule has 0 spiro atoms. The first kappa shape index (κ1) is 42.0.